The maximum Gasteiger partial charge on any atom is 0.0168 e. The number of rotatable bonds is 3. The highest BCUT2D eigenvalue weighted by molar-refractivity contribution is 7.99. The van der Waals surface area contributed by atoms with Crippen molar-refractivity contribution in [1.29, 1.82) is 0 Å². The van der Waals surface area contributed by atoms with Gasteiger partial charge >= 0.3 is 0 Å². The highest BCUT2D eigenvalue weighted by Gasteiger charge is 2.34. The average Bonchev–Trinajstić information content (AvgIpc) is 3.01. The minimum atomic E-state index is 0.808. The van der Waals surface area contributed by atoms with Gasteiger partial charge in [0.25, 0.3) is 0 Å². The van der Waals surface area contributed by atoms with Gasteiger partial charge in [0.15, 0.2) is 0 Å². The second-order valence-electron chi connectivity index (χ2n) is 5.98. The molecule has 2 saturated heterocycles. The lowest BCUT2D eigenvalue weighted by atomic mass is 9.79. The first-order valence-electron chi connectivity index (χ1n) is 7.50. The van der Waals surface area contributed by atoms with Crippen LogP contribution in [0.25, 0.3) is 0 Å². The summed E-state index contributed by atoms with van der Waals surface area (Å²) in [6, 6.07) is 2.44. The molecule has 4 atom stereocenters. The van der Waals surface area contributed by atoms with E-state index in [1.54, 1.807) is 0 Å². The molecule has 3 fully saturated rings. The molecule has 4 unspecified atom stereocenters. The standard InChI is InChI=1S/C14H26N2S/c1-2-5-14(16-11-7-9-17-10-11)12(4-1)13-6-3-8-15-13/h11-16H,1-10H2. The Balaban J connectivity index is 1.58. The molecule has 0 aromatic rings. The van der Waals surface area contributed by atoms with Crippen LogP contribution in [0.3, 0.4) is 0 Å². The first-order chi connectivity index (χ1) is 8.43. The lowest BCUT2D eigenvalue weighted by molar-refractivity contribution is 0.204. The van der Waals surface area contributed by atoms with Gasteiger partial charge in [-0.3, -0.25) is 0 Å². The number of hydrogen-bond acceptors (Lipinski definition) is 3. The second-order valence-corrected chi connectivity index (χ2v) is 7.13. The largest absolute Gasteiger partial charge is 0.314 e. The summed E-state index contributed by atoms with van der Waals surface area (Å²) in [6.45, 7) is 1.26. The molecule has 3 aliphatic rings. The molecular formula is C14H26N2S. The lowest BCUT2D eigenvalue weighted by Gasteiger charge is -2.37. The van der Waals surface area contributed by atoms with E-state index < -0.39 is 0 Å². The Labute approximate surface area is 110 Å². The zero-order chi connectivity index (χ0) is 11.5. The molecule has 1 saturated carbocycles. The Morgan fingerprint density at radius 3 is 2.71 bits per heavy atom. The van der Waals surface area contributed by atoms with Crippen molar-refractivity contribution in [2.45, 2.75) is 63.1 Å². The fourth-order valence-corrected chi connectivity index (χ4v) is 5.06. The highest BCUT2D eigenvalue weighted by Crippen LogP contribution is 2.31. The van der Waals surface area contributed by atoms with Crippen molar-refractivity contribution >= 4 is 11.8 Å². The van der Waals surface area contributed by atoms with E-state index in [1.807, 2.05) is 0 Å². The van der Waals surface area contributed by atoms with Crippen LogP contribution in [0.2, 0.25) is 0 Å². The van der Waals surface area contributed by atoms with Crippen molar-refractivity contribution in [2.75, 3.05) is 18.1 Å². The molecule has 0 aromatic carbocycles. The van der Waals surface area contributed by atoms with Crippen LogP contribution >= 0.6 is 11.8 Å². The SMILES string of the molecule is C1CNC(C2CCCCC2NC2CCSC2)C1. The summed E-state index contributed by atoms with van der Waals surface area (Å²) >= 11 is 2.13. The summed E-state index contributed by atoms with van der Waals surface area (Å²) in [5.74, 6) is 3.63. The third kappa shape index (κ3) is 2.99. The predicted octanol–water partition coefficient (Wildman–Crippen LogP) is 2.39. The Hall–Kier alpha value is 0.270. The summed E-state index contributed by atoms with van der Waals surface area (Å²) in [7, 11) is 0. The van der Waals surface area contributed by atoms with Crippen LogP contribution in [0, 0.1) is 5.92 Å². The van der Waals surface area contributed by atoms with Crippen molar-refractivity contribution in [3.8, 4) is 0 Å². The van der Waals surface area contributed by atoms with E-state index in [1.165, 1.54) is 63.0 Å². The lowest BCUT2D eigenvalue weighted by Crippen LogP contribution is -2.50. The van der Waals surface area contributed by atoms with Crippen molar-refractivity contribution in [3.63, 3.8) is 0 Å². The molecule has 0 bridgehead atoms. The van der Waals surface area contributed by atoms with Crippen LogP contribution in [0.1, 0.15) is 44.9 Å². The minimum Gasteiger partial charge on any atom is -0.314 e. The molecule has 17 heavy (non-hydrogen) atoms. The van der Waals surface area contributed by atoms with Gasteiger partial charge in [-0.05, 0) is 50.3 Å². The smallest absolute Gasteiger partial charge is 0.0168 e. The summed E-state index contributed by atoms with van der Waals surface area (Å²) < 4.78 is 0. The van der Waals surface area contributed by atoms with Crippen LogP contribution in [-0.4, -0.2) is 36.2 Å². The molecule has 0 spiro atoms. The van der Waals surface area contributed by atoms with Gasteiger partial charge in [-0.2, -0.15) is 11.8 Å². The van der Waals surface area contributed by atoms with E-state index in [2.05, 4.69) is 22.4 Å². The molecule has 2 aliphatic heterocycles. The van der Waals surface area contributed by atoms with Gasteiger partial charge < -0.3 is 10.6 Å². The monoisotopic (exact) mass is 254 g/mol. The topological polar surface area (TPSA) is 24.1 Å². The Morgan fingerprint density at radius 1 is 1.00 bits per heavy atom. The number of thioether (sulfide) groups is 1. The fourth-order valence-electron chi connectivity index (χ4n) is 3.89. The maximum atomic E-state index is 3.98. The van der Waals surface area contributed by atoms with Crippen LogP contribution in [0.4, 0.5) is 0 Å². The van der Waals surface area contributed by atoms with Crippen LogP contribution < -0.4 is 10.6 Å². The van der Waals surface area contributed by atoms with E-state index in [9.17, 15) is 0 Å². The maximum absolute atomic E-state index is 3.98. The Morgan fingerprint density at radius 2 is 1.94 bits per heavy atom. The zero-order valence-electron chi connectivity index (χ0n) is 10.8. The van der Waals surface area contributed by atoms with Crippen LogP contribution in [-0.2, 0) is 0 Å². The molecular weight excluding hydrogens is 228 g/mol. The highest BCUT2D eigenvalue weighted by atomic mass is 32.2. The van der Waals surface area contributed by atoms with Crippen molar-refractivity contribution in [1.82, 2.24) is 10.6 Å². The molecule has 2 nitrogen and oxygen atoms in total. The van der Waals surface area contributed by atoms with E-state index in [4.69, 9.17) is 0 Å². The third-order valence-electron chi connectivity index (χ3n) is 4.81. The first-order valence-corrected chi connectivity index (χ1v) is 8.66. The predicted molar refractivity (Wildman–Crippen MR) is 75.6 cm³/mol. The molecule has 2 N–H and O–H groups in total. The molecule has 0 radical (unpaired) electrons. The second kappa shape index (κ2) is 5.94. The van der Waals surface area contributed by atoms with Gasteiger partial charge in [0.05, 0.1) is 0 Å². The molecule has 1 aliphatic carbocycles. The Kier molecular flexibility index (Phi) is 4.30. The van der Waals surface area contributed by atoms with Gasteiger partial charge in [0.1, 0.15) is 0 Å². The van der Waals surface area contributed by atoms with E-state index >= 15 is 0 Å². The van der Waals surface area contributed by atoms with Gasteiger partial charge in [-0.1, -0.05) is 12.8 Å². The first kappa shape index (κ1) is 12.3. The summed E-state index contributed by atoms with van der Waals surface area (Å²) in [6.07, 6.45) is 9.99. The van der Waals surface area contributed by atoms with E-state index in [0.717, 1.165) is 24.0 Å². The van der Waals surface area contributed by atoms with Gasteiger partial charge in [-0.25, -0.2) is 0 Å². The third-order valence-corrected chi connectivity index (χ3v) is 5.98. The molecule has 98 valence electrons. The van der Waals surface area contributed by atoms with Crippen molar-refractivity contribution in [2.24, 2.45) is 5.92 Å². The molecule has 2 heterocycles. The van der Waals surface area contributed by atoms with Crippen molar-refractivity contribution in [3.05, 3.63) is 0 Å². The molecule has 0 aromatic heterocycles. The molecule has 0 amide bonds. The minimum absolute atomic E-state index is 0.808. The summed E-state index contributed by atoms with van der Waals surface area (Å²) in [4.78, 5) is 0. The van der Waals surface area contributed by atoms with E-state index in [-0.39, 0.29) is 0 Å². The fraction of sp³-hybridized carbons (Fsp3) is 1.00. The quantitative estimate of drug-likeness (QED) is 0.809. The number of nitrogens with one attached hydrogen (secondary N) is 2. The van der Waals surface area contributed by atoms with Crippen molar-refractivity contribution < 1.29 is 0 Å². The normalized spacial score (nSPS) is 43.1. The Bertz CT molecular complexity index is 234. The zero-order valence-corrected chi connectivity index (χ0v) is 11.6. The average molecular weight is 254 g/mol. The van der Waals surface area contributed by atoms with Crippen LogP contribution in [0.5, 0.6) is 0 Å². The van der Waals surface area contributed by atoms with Gasteiger partial charge in [-0.15, -0.1) is 0 Å². The van der Waals surface area contributed by atoms with Gasteiger partial charge in [0, 0.05) is 23.9 Å². The van der Waals surface area contributed by atoms with Crippen LogP contribution in [0.15, 0.2) is 0 Å². The molecule has 3 rings (SSSR count). The summed E-state index contributed by atoms with van der Waals surface area (Å²) in [5.41, 5.74) is 0. The van der Waals surface area contributed by atoms with Gasteiger partial charge in [0.2, 0.25) is 0 Å². The molecule has 3 heteroatoms. The number of hydrogen-bond donors (Lipinski definition) is 2. The summed E-state index contributed by atoms with van der Waals surface area (Å²) in [5, 5.41) is 7.72. The van der Waals surface area contributed by atoms with E-state index in [0.29, 0.717) is 0 Å².